The van der Waals surface area contributed by atoms with Crippen molar-refractivity contribution in [1.82, 2.24) is 9.80 Å². The second-order valence-corrected chi connectivity index (χ2v) is 4.39. The number of primary amides is 1. The van der Waals surface area contributed by atoms with Crippen LogP contribution in [-0.2, 0) is 4.79 Å². The normalized spacial score (nSPS) is 29.9. The molecule has 1 unspecified atom stereocenters. The quantitative estimate of drug-likeness (QED) is 0.672. The van der Waals surface area contributed by atoms with Crippen molar-refractivity contribution >= 4 is 5.91 Å². The van der Waals surface area contributed by atoms with Crippen LogP contribution in [-0.4, -0.2) is 54.5 Å². The highest BCUT2D eigenvalue weighted by atomic mass is 16.1. The summed E-state index contributed by atoms with van der Waals surface area (Å²) in [7, 11) is 0. The minimum Gasteiger partial charge on any atom is -0.369 e. The minimum absolute atomic E-state index is 0.202. The smallest absolute Gasteiger partial charge is 0.231 e. The maximum absolute atomic E-state index is 10.8. The third kappa shape index (κ3) is 2.25. The van der Waals surface area contributed by atoms with Gasteiger partial charge < -0.3 is 5.73 Å². The second kappa shape index (κ2) is 4.28. The summed E-state index contributed by atoms with van der Waals surface area (Å²) in [4.78, 5) is 15.5. The molecular formula is C10H19N3O. The summed E-state index contributed by atoms with van der Waals surface area (Å²) in [5.74, 6) is -0.202. The van der Waals surface area contributed by atoms with Gasteiger partial charge in [0.05, 0.1) is 6.54 Å². The van der Waals surface area contributed by atoms with Crippen LogP contribution in [0, 0.1) is 0 Å². The summed E-state index contributed by atoms with van der Waals surface area (Å²) in [6, 6.07) is 0.678. The molecule has 2 aliphatic heterocycles. The van der Waals surface area contributed by atoms with E-state index in [-0.39, 0.29) is 5.91 Å². The Kier molecular flexibility index (Phi) is 3.03. The molecule has 0 saturated carbocycles. The molecule has 1 atom stereocenters. The van der Waals surface area contributed by atoms with Crippen LogP contribution in [0.5, 0.6) is 0 Å². The maximum atomic E-state index is 10.8. The first kappa shape index (κ1) is 9.93. The molecule has 0 bridgehead atoms. The SMILES string of the molecule is NC(=O)CN1CCC(N2CCCC2)C1. The molecule has 80 valence electrons. The molecule has 2 fully saturated rings. The number of likely N-dealkylation sites (tertiary alicyclic amines) is 2. The van der Waals surface area contributed by atoms with Crippen molar-refractivity contribution in [2.24, 2.45) is 5.73 Å². The predicted octanol–water partition coefficient (Wildman–Crippen LogP) is -0.358. The van der Waals surface area contributed by atoms with Crippen LogP contribution in [0.3, 0.4) is 0 Å². The van der Waals surface area contributed by atoms with Gasteiger partial charge in [-0.3, -0.25) is 14.6 Å². The van der Waals surface area contributed by atoms with Gasteiger partial charge in [-0.2, -0.15) is 0 Å². The molecule has 0 spiro atoms. The molecular weight excluding hydrogens is 178 g/mol. The molecule has 0 aromatic carbocycles. The van der Waals surface area contributed by atoms with E-state index in [9.17, 15) is 4.79 Å². The first-order chi connectivity index (χ1) is 6.75. The zero-order chi connectivity index (χ0) is 9.97. The van der Waals surface area contributed by atoms with Gasteiger partial charge in [0.15, 0.2) is 0 Å². The Labute approximate surface area is 85.0 Å². The van der Waals surface area contributed by atoms with Gasteiger partial charge in [0.25, 0.3) is 0 Å². The number of carbonyl (C=O) groups is 1. The van der Waals surface area contributed by atoms with Crippen molar-refractivity contribution in [3.8, 4) is 0 Å². The van der Waals surface area contributed by atoms with E-state index in [1.807, 2.05) is 0 Å². The summed E-state index contributed by atoms with van der Waals surface area (Å²) in [5, 5.41) is 0. The average Bonchev–Trinajstić information content (AvgIpc) is 2.69. The zero-order valence-corrected chi connectivity index (χ0v) is 8.61. The minimum atomic E-state index is -0.202. The Balaban J connectivity index is 1.78. The van der Waals surface area contributed by atoms with E-state index in [0.29, 0.717) is 12.6 Å². The predicted molar refractivity (Wildman–Crippen MR) is 54.8 cm³/mol. The Morgan fingerprint density at radius 2 is 2.00 bits per heavy atom. The lowest BCUT2D eigenvalue weighted by atomic mass is 10.2. The molecule has 2 aliphatic rings. The second-order valence-electron chi connectivity index (χ2n) is 4.39. The molecule has 2 heterocycles. The topological polar surface area (TPSA) is 49.6 Å². The van der Waals surface area contributed by atoms with Crippen LogP contribution < -0.4 is 5.73 Å². The first-order valence-electron chi connectivity index (χ1n) is 5.50. The van der Waals surface area contributed by atoms with E-state index in [2.05, 4.69) is 9.80 Å². The molecule has 0 aliphatic carbocycles. The third-order valence-corrected chi connectivity index (χ3v) is 3.28. The van der Waals surface area contributed by atoms with E-state index in [4.69, 9.17) is 5.73 Å². The molecule has 0 aromatic heterocycles. The number of nitrogens with zero attached hydrogens (tertiary/aromatic N) is 2. The Hall–Kier alpha value is -0.610. The zero-order valence-electron chi connectivity index (χ0n) is 8.61. The number of amides is 1. The number of hydrogen-bond donors (Lipinski definition) is 1. The lowest BCUT2D eigenvalue weighted by Gasteiger charge is -2.23. The van der Waals surface area contributed by atoms with Gasteiger partial charge in [-0.25, -0.2) is 0 Å². The van der Waals surface area contributed by atoms with Gasteiger partial charge in [0.1, 0.15) is 0 Å². The standard InChI is InChI=1S/C10H19N3O/c11-10(14)8-12-6-3-9(7-12)13-4-1-2-5-13/h9H,1-8H2,(H2,11,14). The number of rotatable bonds is 3. The number of nitrogens with two attached hydrogens (primary N) is 1. The summed E-state index contributed by atoms with van der Waals surface area (Å²) in [6.45, 7) is 4.99. The first-order valence-corrected chi connectivity index (χ1v) is 5.50. The molecule has 0 aromatic rings. The molecule has 2 N–H and O–H groups in total. The van der Waals surface area contributed by atoms with E-state index < -0.39 is 0 Å². The monoisotopic (exact) mass is 197 g/mol. The summed E-state index contributed by atoms with van der Waals surface area (Å²) in [5.41, 5.74) is 5.18. The number of hydrogen-bond acceptors (Lipinski definition) is 3. The molecule has 2 saturated heterocycles. The van der Waals surface area contributed by atoms with Crippen molar-refractivity contribution in [2.45, 2.75) is 25.3 Å². The Morgan fingerprint density at radius 3 is 2.64 bits per heavy atom. The summed E-state index contributed by atoms with van der Waals surface area (Å²) < 4.78 is 0. The van der Waals surface area contributed by atoms with E-state index in [1.165, 1.54) is 32.4 Å². The van der Waals surface area contributed by atoms with Gasteiger partial charge in [-0.15, -0.1) is 0 Å². The average molecular weight is 197 g/mol. The molecule has 4 nitrogen and oxygen atoms in total. The van der Waals surface area contributed by atoms with Crippen molar-refractivity contribution in [2.75, 3.05) is 32.7 Å². The molecule has 0 radical (unpaired) electrons. The van der Waals surface area contributed by atoms with Gasteiger partial charge in [-0.1, -0.05) is 0 Å². The van der Waals surface area contributed by atoms with Crippen LogP contribution in [0.1, 0.15) is 19.3 Å². The maximum Gasteiger partial charge on any atom is 0.231 e. The van der Waals surface area contributed by atoms with Crippen molar-refractivity contribution in [3.05, 3.63) is 0 Å². The lowest BCUT2D eigenvalue weighted by Crippen LogP contribution is -2.37. The van der Waals surface area contributed by atoms with Crippen molar-refractivity contribution in [3.63, 3.8) is 0 Å². The van der Waals surface area contributed by atoms with Crippen LogP contribution in [0.2, 0.25) is 0 Å². The van der Waals surface area contributed by atoms with Gasteiger partial charge in [0.2, 0.25) is 5.91 Å². The van der Waals surface area contributed by atoms with Crippen molar-refractivity contribution in [1.29, 1.82) is 0 Å². The van der Waals surface area contributed by atoms with Crippen LogP contribution >= 0.6 is 0 Å². The highest BCUT2D eigenvalue weighted by Crippen LogP contribution is 2.19. The van der Waals surface area contributed by atoms with E-state index in [0.717, 1.165) is 13.1 Å². The van der Waals surface area contributed by atoms with Crippen molar-refractivity contribution < 1.29 is 4.79 Å². The van der Waals surface area contributed by atoms with E-state index in [1.54, 1.807) is 0 Å². The molecule has 4 heteroatoms. The molecule has 14 heavy (non-hydrogen) atoms. The Morgan fingerprint density at radius 1 is 1.29 bits per heavy atom. The van der Waals surface area contributed by atoms with Gasteiger partial charge >= 0.3 is 0 Å². The fourth-order valence-corrected chi connectivity index (χ4v) is 2.58. The van der Waals surface area contributed by atoms with Crippen LogP contribution in [0.15, 0.2) is 0 Å². The molecule has 1 amide bonds. The fraction of sp³-hybridized carbons (Fsp3) is 0.900. The van der Waals surface area contributed by atoms with Gasteiger partial charge in [-0.05, 0) is 32.4 Å². The van der Waals surface area contributed by atoms with E-state index >= 15 is 0 Å². The van der Waals surface area contributed by atoms with Crippen LogP contribution in [0.25, 0.3) is 0 Å². The highest BCUT2D eigenvalue weighted by molar-refractivity contribution is 5.75. The van der Waals surface area contributed by atoms with Gasteiger partial charge in [0, 0.05) is 19.1 Å². The fourth-order valence-electron chi connectivity index (χ4n) is 2.58. The molecule has 2 rings (SSSR count). The summed E-state index contributed by atoms with van der Waals surface area (Å²) >= 11 is 0. The number of carbonyl (C=O) groups excluding carboxylic acids is 1. The van der Waals surface area contributed by atoms with Crippen LogP contribution in [0.4, 0.5) is 0 Å². The largest absolute Gasteiger partial charge is 0.369 e. The Bertz CT molecular complexity index is 213. The summed E-state index contributed by atoms with van der Waals surface area (Å²) in [6.07, 6.45) is 3.88. The highest BCUT2D eigenvalue weighted by Gasteiger charge is 2.29. The third-order valence-electron chi connectivity index (χ3n) is 3.28. The lowest BCUT2D eigenvalue weighted by molar-refractivity contribution is -0.118.